The minimum absolute atomic E-state index is 0.0636. The number of halogens is 1. The quantitative estimate of drug-likeness (QED) is 0.412. The van der Waals surface area contributed by atoms with E-state index in [1.54, 1.807) is 17.3 Å². The zero-order valence-corrected chi connectivity index (χ0v) is 23.2. The molecule has 2 aromatic rings. The van der Waals surface area contributed by atoms with Gasteiger partial charge in [-0.2, -0.15) is 4.39 Å². The van der Waals surface area contributed by atoms with E-state index < -0.39 is 12.0 Å². The lowest BCUT2D eigenvalue weighted by molar-refractivity contribution is 0.0218. The molecule has 0 bridgehead atoms. The average molecular weight is 533 g/mol. The molecule has 5 rings (SSSR count). The second-order valence-corrected chi connectivity index (χ2v) is 11.5. The molecule has 206 valence electrons. The summed E-state index contributed by atoms with van der Waals surface area (Å²) in [7, 11) is 0. The molecule has 39 heavy (non-hydrogen) atoms. The van der Waals surface area contributed by atoms with E-state index in [1.807, 2.05) is 39.0 Å². The van der Waals surface area contributed by atoms with Gasteiger partial charge in [0, 0.05) is 37.7 Å². The fourth-order valence-corrected chi connectivity index (χ4v) is 5.22. The van der Waals surface area contributed by atoms with Crippen LogP contribution in [0.3, 0.4) is 0 Å². The first kappa shape index (κ1) is 26.9. The maximum atomic E-state index is 13.8. The van der Waals surface area contributed by atoms with Crippen LogP contribution in [0.1, 0.15) is 57.4 Å². The largest absolute Gasteiger partial charge is 0.457 e. The van der Waals surface area contributed by atoms with E-state index in [-0.39, 0.29) is 12.1 Å². The van der Waals surface area contributed by atoms with Crippen molar-refractivity contribution in [3.63, 3.8) is 0 Å². The standard InChI is InChI=1S/C31H37FN4O3/c1-6-27(32)38-24-9-7-8-22(16-24)23-12-13-25(21-10-11-21)28-26(17-23)33-19-34-29(28)36-15-14-35(18-20(36)2)30(37)39-31(3,4)5/h6-9,12-13,16,19-21,27H,1,10-11,14-15,17-18H2,2-5H3. The van der Waals surface area contributed by atoms with E-state index in [9.17, 15) is 9.18 Å². The highest BCUT2D eigenvalue weighted by Crippen LogP contribution is 2.47. The number of nitrogens with zero attached hydrogens (tertiary/aromatic N) is 4. The Morgan fingerprint density at radius 2 is 2.00 bits per heavy atom. The molecule has 1 aromatic heterocycles. The minimum atomic E-state index is -1.56. The Morgan fingerprint density at radius 1 is 1.21 bits per heavy atom. The zero-order chi connectivity index (χ0) is 27.7. The van der Waals surface area contributed by atoms with Crippen LogP contribution >= 0.6 is 0 Å². The van der Waals surface area contributed by atoms with Crippen molar-refractivity contribution in [2.75, 3.05) is 24.5 Å². The topological polar surface area (TPSA) is 67.8 Å². The molecule has 0 spiro atoms. The molecular formula is C31H37FN4O3. The third-order valence-electron chi connectivity index (χ3n) is 7.22. The van der Waals surface area contributed by atoms with Crippen LogP contribution < -0.4 is 9.64 Å². The van der Waals surface area contributed by atoms with Crippen LogP contribution in [-0.2, 0) is 11.2 Å². The Labute approximate surface area is 230 Å². The maximum absolute atomic E-state index is 13.8. The van der Waals surface area contributed by atoms with Crippen LogP contribution in [-0.4, -0.2) is 58.6 Å². The third-order valence-corrected chi connectivity index (χ3v) is 7.22. The summed E-state index contributed by atoms with van der Waals surface area (Å²) in [4.78, 5) is 26.3. The third kappa shape index (κ3) is 6.15. The van der Waals surface area contributed by atoms with Crippen molar-refractivity contribution in [3.8, 4) is 5.75 Å². The summed E-state index contributed by atoms with van der Waals surface area (Å²) in [6, 6.07) is 7.55. The number of hydrogen-bond acceptors (Lipinski definition) is 6. The van der Waals surface area contributed by atoms with Gasteiger partial charge in [-0.05, 0) is 81.4 Å². The maximum Gasteiger partial charge on any atom is 0.410 e. The molecule has 1 aliphatic heterocycles. The second kappa shape index (κ2) is 10.8. The molecule has 0 N–H and O–H groups in total. The number of benzene rings is 1. The SMILES string of the molecule is C=CC(F)Oc1cccc(C2=CC=C(C3CC3)c3c(ncnc3N3CCN(C(=O)OC(C)(C)C)CC3C)C2)c1. The lowest BCUT2D eigenvalue weighted by Gasteiger charge is -2.41. The molecule has 1 saturated heterocycles. The van der Waals surface area contributed by atoms with Crippen LogP contribution in [0.4, 0.5) is 15.0 Å². The van der Waals surface area contributed by atoms with Gasteiger partial charge in [-0.1, -0.05) is 30.9 Å². The number of allylic oxidation sites excluding steroid dienone is 4. The normalized spacial score (nSPS) is 20.3. The number of carbonyl (C=O) groups is 1. The summed E-state index contributed by atoms with van der Waals surface area (Å²) in [5.41, 5.74) is 4.86. The molecule has 7 nitrogen and oxygen atoms in total. The molecule has 8 heteroatoms. The van der Waals surface area contributed by atoms with E-state index >= 15 is 0 Å². The number of alkyl halides is 1. The zero-order valence-electron chi connectivity index (χ0n) is 23.2. The molecule has 3 aliphatic rings. The average Bonchev–Trinajstić information content (AvgIpc) is 3.74. The molecule has 0 radical (unpaired) electrons. The van der Waals surface area contributed by atoms with Gasteiger partial charge in [0.05, 0.1) is 5.69 Å². The Hall–Kier alpha value is -3.68. The summed E-state index contributed by atoms with van der Waals surface area (Å²) in [6.07, 6.45) is 8.22. The van der Waals surface area contributed by atoms with Crippen molar-refractivity contribution < 1.29 is 18.7 Å². The summed E-state index contributed by atoms with van der Waals surface area (Å²) >= 11 is 0. The Bertz CT molecular complexity index is 1310. The monoisotopic (exact) mass is 532 g/mol. The Kier molecular flexibility index (Phi) is 7.47. The molecule has 1 amide bonds. The van der Waals surface area contributed by atoms with Gasteiger partial charge in [-0.25, -0.2) is 14.8 Å². The van der Waals surface area contributed by atoms with Crippen LogP contribution in [0, 0.1) is 5.92 Å². The lowest BCUT2D eigenvalue weighted by Crippen LogP contribution is -2.55. The molecule has 2 unspecified atom stereocenters. The highest BCUT2D eigenvalue weighted by atomic mass is 19.1. The first-order valence-electron chi connectivity index (χ1n) is 13.7. The van der Waals surface area contributed by atoms with Gasteiger partial charge < -0.3 is 19.3 Å². The summed E-state index contributed by atoms with van der Waals surface area (Å²) < 4.78 is 24.7. The number of carbonyl (C=O) groups excluding carboxylic acids is 1. The van der Waals surface area contributed by atoms with Crippen LogP contribution in [0.2, 0.25) is 0 Å². The molecule has 2 heterocycles. The van der Waals surface area contributed by atoms with Crippen LogP contribution in [0.5, 0.6) is 5.75 Å². The number of aromatic nitrogens is 2. The molecular weight excluding hydrogens is 495 g/mol. The number of ether oxygens (including phenoxy) is 2. The highest BCUT2D eigenvalue weighted by Gasteiger charge is 2.36. The van der Waals surface area contributed by atoms with Crippen LogP contribution in [0.15, 0.2) is 55.4 Å². The van der Waals surface area contributed by atoms with E-state index in [0.717, 1.165) is 47.1 Å². The molecule has 2 atom stereocenters. The van der Waals surface area contributed by atoms with Gasteiger partial charge >= 0.3 is 6.09 Å². The summed E-state index contributed by atoms with van der Waals surface area (Å²) in [5.74, 6) is 1.86. The predicted molar refractivity (Wildman–Crippen MR) is 151 cm³/mol. The number of piperazine rings is 1. The van der Waals surface area contributed by atoms with E-state index in [1.165, 1.54) is 5.57 Å². The number of amides is 1. The fraction of sp³-hybridized carbons (Fsp3) is 0.452. The lowest BCUT2D eigenvalue weighted by atomic mass is 9.96. The first-order chi connectivity index (χ1) is 18.6. The second-order valence-electron chi connectivity index (χ2n) is 11.5. The minimum Gasteiger partial charge on any atom is -0.457 e. The van der Waals surface area contributed by atoms with Gasteiger partial charge in [-0.3, -0.25) is 0 Å². The van der Waals surface area contributed by atoms with E-state index in [2.05, 4.69) is 30.6 Å². The van der Waals surface area contributed by atoms with Crippen LogP contribution in [0.25, 0.3) is 11.1 Å². The molecule has 2 fully saturated rings. The fourth-order valence-electron chi connectivity index (χ4n) is 5.22. The van der Waals surface area contributed by atoms with Crippen molar-refractivity contribution >= 4 is 23.1 Å². The summed E-state index contributed by atoms with van der Waals surface area (Å²) in [6.45, 7) is 13.0. The number of anilines is 1. The molecule has 1 aromatic carbocycles. The smallest absolute Gasteiger partial charge is 0.410 e. The molecule has 2 aliphatic carbocycles. The van der Waals surface area contributed by atoms with Gasteiger partial charge in [-0.15, -0.1) is 0 Å². The van der Waals surface area contributed by atoms with Crippen molar-refractivity contribution in [1.82, 2.24) is 14.9 Å². The highest BCUT2D eigenvalue weighted by molar-refractivity contribution is 5.85. The van der Waals surface area contributed by atoms with Gasteiger partial charge in [0.1, 0.15) is 23.5 Å². The van der Waals surface area contributed by atoms with Crippen molar-refractivity contribution in [2.45, 2.75) is 65.0 Å². The van der Waals surface area contributed by atoms with Gasteiger partial charge in [0.15, 0.2) is 0 Å². The van der Waals surface area contributed by atoms with E-state index in [0.29, 0.717) is 37.7 Å². The van der Waals surface area contributed by atoms with E-state index in [4.69, 9.17) is 19.4 Å². The summed E-state index contributed by atoms with van der Waals surface area (Å²) in [5, 5.41) is 0. The number of hydrogen-bond donors (Lipinski definition) is 0. The Balaban J connectivity index is 1.43. The van der Waals surface area contributed by atoms with Crippen molar-refractivity contribution in [3.05, 3.63) is 72.2 Å². The predicted octanol–water partition coefficient (Wildman–Crippen LogP) is 6.22. The van der Waals surface area contributed by atoms with Gasteiger partial charge in [0.25, 0.3) is 6.36 Å². The molecule has 1 saturated carbocycles. The first-order valence-corrected chi connectivity index (χ1v) is 13.7. The van der Waals surface area contributed by atoms with Crippen molar-refractivity contribution in [2.24, 2.45) is 5.92 Å². The van der Waals surface area contributed by atoms with Crippen molar-refractivity contribution in [1.29, 1.82) is 0 Å². The Morgan fingerprint density at radius 3 is 2.69 bits per heavy atom. The number of fused-ring (bicyclic) bond motifs is 1. The number of rotatable bonds is 6. The van der Waals surface area contributed by atoms with Gasteiger partial charge in [0.2, 0.25) is 0 Å².